The third kappa shape index (κ3) is 2.80. The van der Waals surface area contributed by atoms with Crippen molar-refractivity contribution in [3.05, 3.63) is 34.3 Å². The first-order valence-electron chi connectivity index (χ1n) is 7.60. The van der Waals surface area contributed by atoms with Crippen LogP contribution in [0.25, 0.3) is 0 Å². The number of likely N-dealkylation sites (N-methyl/N-ethyl adjacent to an activating group) is 1. The molecule has 2 aliphatic rings. The van der Waals surface area contributed by atoms with Gasteiger partial charge < -0.3 is 5.73 Å². The molecule has 0 radical (unpaired) electrons. The Morgan fingerprint density at radius 3 is 2.60 bits per heavy atom. The van der Waals surface area contributed by atoms with Crippen LogP contribution < -0.4 is 5.73 Å². The second kappa shape index (κ2) is 6.14. The molecule has 2 bridgehead atoms. The Balaban J connectivity index is 1.77. The molecule has 2 fully saturated rings. The summed E-state index contributed by atoms with van der Waals surface area (Å²) in [4.78, 5) is 5.19. The quantitative estimate of drug-likeness (QED) is 0.920. The molecule has 2 aliphatic heterocycles. The fourth-order valence-electron chi connectivity index (χ4n) is 3.80. The number of nitrogens with zero attached hydrogens (tertiary/aromatic N) is 2. The van der Waals surface area contributed by atoms with E-state index in [-0.39, 0.29) is 0 Å². The molecular formula is C16H24BrN3. The van der Waals surface area contributed by atoms with E-state index in [1.807, 2.05) is 0 Å². The highest BCUT2D eigenvalue weighted by Gasteiger charge is 2.36. The largest absolute Gasteiger partial charge is 0.329 e. The smallest absolute Gasteiger partial charge is 0.0471 e. The van der Waals surface area contributed by atoms with Gasteiger partial charge in [-0.15, -0.1) is 0 Å². The lowest BCUT2D eigenvalue weighted by atomic mass is 10.0. The summed E-state index contributed by atoms with van der Waals surface area (Å²) < 4.78 is 1.13. The minimum Gasteiger partial charge on any atom is -0.329 e. The summed E-state index contributed by atoms with van der Waals surface area (Å²) in [5.41, 5.74) is 7.43. The maximum absolute atomic E-state index is 6.09. The molecule has 110 valence electrons. The molecule has 4 heteroatoms. The Hall–Kier alpha value is -0.420. The van der Waals surface area contributed by atoms with E-state index in [4.69, 9.17) is 5.73 Å². The Labute approximate surface area is 130 Å². The number of fused-ring (bicyclic) bond motifs is 2. The number of benzene rings is 1. The van der Waals surface area contributed by atoms with Crippen molar-refractivity contribution in [2.24, 2.45) is 5.73 Å². The van der Waals surface area contributed by atoms with Crippen LogP contribution in [0.2, 0.25) is 0 Å². The van der Waals surface area contributed by atoms with Gasteiger partial charge in [0.2, 0.25) is 0 Å². The van der Waals surface area contributed by atoms with Crippen molar-refractivity contribution in [2.75, 3.05) is 26.7 Å². The molecule has 0 amide bonds. The molecule has 0 spiro atoms. The molecule has 0 aromatic heterocycles. The summed E-state index contributed by atoms with van der Waals surface area (Å²) in [5.74, 6) is 0. The number of rotatable bonds is 3. The van der Waals surface area contributed by atoms with Gasteiger partial charge in [0.1, 0.15) is 0 Å². The van der Waals surface area contributed by atoms with E-state index < -0.39 is 0 Å². The van der Waals surface area contributed by atoms with Crippen molar-refractivity contribution < 1.29 is 0 Å². The second-order valence-corrected chi connectivity index (χ2v) is 7.05. The van der Waals surface area contributed by atoms with Crippen LogP contribution in [-0.4, -0.2) is 48.6 Å². The second-order valence-electron chi connectivity index (χ2n) is 6.14. The zero-order valence-electron chi connectivity index (χ0n) is 12.1. The monoisotopic (exact) mass is 337 g/mol. The minimum absolute atomic E-state index is 0.357. The Kier molecular flexibility index (Phi) is 4.46. The van der Waals surface area contributed by atoms with Crippen LogP contribution in [0.4, 0.5) is 0 Å². The fraction of sp³-hybridized carbons (Fsp3) is 0.625. The highest BCUT2D eigenvalue weighted by molar-refractivity contribution is 9.10. The van der Waals surface area contributed by atoms with Crippen molar-refractivity contribution in [1.82, 2.24) is 9.80 Å². The van der Waals surface area contributed by atoms with E-state index in [1.54, 1.807) is 0 Å². The molecule has 0 saturated carbocycles. The van der Waals surface area contributed by atoms with Crippen LogP contribution in [0.15, 0.2) is 28.7 Å². The van der Waals surface area contributed by atoms with Gasteiger partial charge in [0.05, 0.1) is 0 Å². The molecule has 1 aromatic carbocycles. The van der Waals surface area contributed by atoms with E-state index in [9.17, 15) is 0 Å². The van der Waals surface area contributed by atoms with Gasteiger partial charge in [-0.05, 0) is 44.0 Å². The van der Waals surface area contributed by atoms with Gasteiger partial charge in [0.15, 0.2) is 0 Å². The van der Waals surface area contributed by atoms with Gasteiger partial charge >= 0.3 is 0 Å². The molecule has 3 atom stereocenters. The van der Waals surface area contributed by atoms with Gasteiger partial charge in [-0.1, -0.05) is 28.1 Å². The Bertz CT molecular complexity index is 448. The summed E-state index contributed by atoms with van der Waals surface area (Å²) in [7, 11) is 2.29. The fourth-order valence-corrected chi connectivity index (χ4v) is 4.06. The van der Waals surface area contributed by atoms with Gasteiger partial charge in [0, 0.05) is 42.2 Å². The van der Waals surface area contributed by atoms with E-state index in [1.165, 1.54) is 31.4 Å². The van der Waals surface area contributed by atoms with E-state index in [0.29, 0.717) is 18.6 Å². The number of hydrogen-bond donors (Lipinski definition) is 1. The third-order valence-corrected chi connectivity index (χ3v) is 5.63. The van der Waals surface area contributed by atoms with Gasteiger partial charge in [0.25, 0.3) is 0 Å². The topological polar surface area (TPSA) is 32.5 Å². The summed E-state index contributed by atoms with van der Waals surface area (Å²) in [6.07, 6.45) is 4.00. The van der Waals surface area contributed by atoms with E-state index >= 15 is 0 Å². The standard InChI is InChI=1S/C16H24BrN3/c1-19-14-6-7-15(19)11-20(9-8-14)16(10-18)12-2-4-13(17)5-3-12/h2-5,14-16H,6-11,18H2,1H3. The van der Waals surface area contributed by atoms with E-state index in [0.717, 1.165) is 17.1 Å². The Morgan fingerprint density at radius 1 is 1.20 bits per heavy atom. The van der Waals surface area contributed by atoms with Crippen molar-refractivity contribution in [1.29, 1.82) is 0 Å². The lowest BCUT2D eigenvalue weighted by Crippen LogP contribution is -2.40. The van der Waals surface area contributed by atoms with Gasteiger partial charge in [-0.2, -0.15) is 0 Å². The number of likely N-dealkylation sites (tertiary alicyclic amines) is 1. The summed E-state index contributed by atoms with van der Waals surface area (Å²) in [5, 5.41) is 0. The number of hydrogen-bond acceptors (Lipinski definition) is 3. The maximum atomic E-state index is 6.09. The molecular weight excluding hydrogens is 314 g/mol. The number of nitrogens with two attached hydrogens (primary N) is 1. The zero-order valence-corrected chi connectivity index (χ0v) is 13.7. The van der Waals surface area contributed by atoms with Gasteiger partial charge in [-0.3, -0.25) is 9.80 Å². The van der Waals surface area contributed by atoms with Crippen molar-refractivity contribution in [3.63, 3.8) is 0 Å². The van der Waals surface area contributed by atoms with Crippen LogP contribution in [0.1, 0.15) is 30.9 Å². The SMILES string of the molecule is CN1C2CCC1CN(C(CN)c1ccc(Br)cc1)CC2. The first-order valence-corrected chi connectivity index (χ1v) is 8.40. The molecule has 1 aromatic rings. The first-order chi connectivity index (χ1) is 9.69. The van der Waals surface area contributed by atoms with Crippen LogP contribution in [-0.2, 0) is 0 Å². The predicted octanol–water partition coefficient (Wildman–Crippen LogP) is 2.62. The van der Waals surface area contributed by atoms with Crippen molar-refractivity contribution in [2.45, 2.75) is 37.4 Å². The summed E-state index contributed by atoms with van der Waals surface area (Å²) in [6.45, 7) is 3.02. The molecule has 2 heterocycles. The highest BCUT2D eigenvalue weighted by atomic mass is 79.9. The normalized spacial score (nSPS) is 29.4. The number of halogens is 1. The molecule has 3 nitrogen and oxygen atoms in total. The van der Waals surface area contributed by atoms with Crippen LogP contribution >= 0.6 is 15.9 Å². The highest BCUT2D eigenvalue weighted by Crippen LogP contribution is 2.32. The zero-order chi connectivity index (χ0) is 14.1. The molecule has 3 rings (SSSR count). The maximum Gasteiger partial charge on any atom is 0.0471 e. The van der Waals surface area contributed by atoms with Crippen LogP contribution in [0.5, 0.6) is 0 Å². The van der Waals surface area contributed by atoms with Crippen molar-refractivity contribution in [3.8, 4) is 0 Å². The molecule has 3 unspecified atom stereocenters. The predicted molar refractivity (Wildman–Crippen MR) is 86.7 cm³/mol. The van der Waals surface area contributed by atoms with Crippen molar-refractivity contribution >= 4 is 15.9 Å². The van der Waals surface area contributed by atoms with Gasteiger partial charge in [-0.25, -0.2) is 0 Å². The summed E-state index contributed by atoms with van der Waals surface area (Å²) in [6, 6.07) is 10.5. The lowest BCUT2D eigenvalue weighted by Gasteiger charge is -2.33. The Morgan fingerprint density at radius 2 is 1.90 bits per heavy atom. The average molecular weight is 338 g/mol. The molecule has 20 heavy (non-hydrogen) atoms. The average Bonchev–Trinajstić information content (AvgIpc) is 2.69. The minimum atomic E-state index is 0.357. The van der Waals surface area contributed by atoms with Crippen LogP contribution in [0.3, 0.4) is 0 Å². The molecule has 2 saturated heterocycles. The third-order valence-electron chi connectivity index (χ3n) is 5.10. The summed E-state index contributed by atoms with van der Waals surface area (Å²) >= 11 is 3.51. The molecule has 2 N–H and O–H groups in total. The molecule has 0 aliphatic carbocycles. The van der Waals surface area contributed by atoms with Crippen LogP contribution in [0, 0.1) is 0 Å². The first kappa shape index (κ1) is 14.5. The lowest BCUT2D eigenvalue weighted by molar-refractivity contribution is 0.175. The van der Waals surface area contributed by atoms with E-state index in [2.05, 4.69) is 57.0 Å².